The summed E-state index contributed by atoms with van der Waals surface area (Å²) in [5, 5.41) is 14.1. The van der Waals surface area contributed by atoms with Crippen molar-refractivity contribution in [2.75, 3.05) is 37.7 Å². The van der Waals surface area contributed by atoms with E-state index in [4.69, 9.17) is 5.10 Å². The van der Waals surface area contributed by atoms with E-state index >= 15 is 0 Å². The van der Waals surface area contributed by atoms with E-state index in [1.54, 1.807) is 10.9 Å². The number of pyridine rings is 1. The molecule has 1 amide bonds. The predicted molar refractivity (Wildman–Crippen MR) is 117 cm³/mol. The lowest BCUT2D eigenvalue weighted by Crippen LogP contribution is -2.51. The molecule has 0 spiro atoms. The fourth-order valence-corrected chi connectivity index (χ4v) is 4.41. The van der Waals surface area contributed by atoms with Gasteiger partial charge in [-0.25, -0.2) is 4.39 Å². The Balaban J connectivity index is 1.56. The number of amides is 1. The molecule has 2 aliphatic rings. The molecule has 4 heterocycles. The number of fused-ring (bicyclic) bond motifs is 1. The molecule has 7 nitrogen and oxygen atoms in total. The summed E-state index contributed by atoms with van der Waals surface area (Å²) < 4.78 is 54.1. The van der Waals surface area contributed by atoms with Crippen LogP contribution in [-0.2, 0) is 11.0 Å². The van der Waals surface area contributed by atoms with E-state index in [1.807, 2.05) is 6.07 Å². The topological polar surface area (TPSA) is 74.5 Å². The van der Waals surface area contributed by atoms with Gasteiger partial charge in [-0.3, -0.25) is 14.5 Å². The zero-order valence-electron chi connectivity index (χ0n) is 18.0. The maximum Gasteiger partial charge on any atom is 0.416 e. The summed E-state index contributed by atoms with van der Waals surface area (Å²) in [6.07, 6.45) is -2.83. The Labute approximate surface area is 191 Å². The minimum atomic E-state index is -4.45. The third-order valence-electron chi connectivity index (χ3n) is 6.33. The van der Waals surface area contributed by atoms with Crippen LogP contribution in [0.15, 0.2) is 48.9 Å². The molecule has 2 saturated heterocycles. The largest absolute Gasteiger partial charge is 0.416 e. The van der Waals surface area contributed by atoms with Crippen molar-refractivity contribution in [2.24, 2.45) is 5.92 Å². The van der Waals surface area contributed by atoms with Gasteiger partial charge in [0.1, 0.15) is 16.7 Å². The van der Waals surface area contributed by atoms with Gasteiger partial charge < -0.3 is 14.9 Å². The van der Waals surface area contributed by atoms with E-state index in [0.717, 1.165) is 17.8 Å². The Hall–Kier alpha value is -3.47. The van der Waals surface area contributed by atoms with Crippen molar-refractivity contribution >= 4 is 22.6 Å². The zero-order valence-corrected chi connectivity index (χ0v) is 18.0. The summed E-state index contributed by atoms with van der Waals surface area (Å²) in [6, 6.07) is 6.29. The molecule has 0 saturated carbocycles. The number of likely N-dealkylation sites (tertiary alicyclic amines) is 1. The van der Waals surface area contributed by atoms with Crippen LogP contribution in [-0.4, -0.2) is 63.5 Å². The Morgan fingerprint density at radius 2 is 1.79 bits per heavy atom. The number of aliphatic hydroxyl groups is 1. The highest BCUT2D eigenvalue weighted by molar-refractivity contribution is 5.98. The second-order valence-electron chi connectivity index (χ2n) is 8.62. The van der Waals surface area contributed by atoms with Gasteiger partial charge in [0, 0.05) is 50.5 Å². The third-order valence-corrected chi connectivity index (χ3v) is 6.33. The van der Waals surface area contributed by atoms with Crippen LogP contribution < -0.4 is 4.90 Å². The number of rotatable bonds is 5. The predicted octanol–water partition coefficient (Wildman–Crippen LogP) is 3.41. The Morgan fingerprint density at radius 1 is 1.12 bits per heavy atom. The molecule has 0 atom stereocenters. The molecule has 11 heteroatoms. The summed E-state index contributed by atoms with van der Waals surface area (Å²) in [5.41, 5.74) is 2.17. The summed E-state index contributed by atoms with van der Waals surface area (Å²) in [6.45, 7) is 4.86. The van der Waals surface area contributed by atoms with Crippen LogP contribution in [0, 0.1) is 5.92 Å². The molecule has 2 aliphatic heterocycles. The Morgan fingerprint density at radius 3 is 2.38 bits per heavy atom. The summed E-state index contributed by atoms with van der Waals surface area (Å²) >= 11 is 0. The molecule has 0 bridgehead atoms. The van der Waals surface area contributed by atoms with E-state index in [1.165, 1.54) is 17.0 Å². The maximum absolute atomic E-state index is 13.3. The van der Waals surface area contributed by atoms with Crippen LogP contribution in [0.3, 0.4) is 0 Å². The van der Waals surface area contributed by atoms with Crippen LogP contribution >= 0.6 is 0 Å². The van der Waals surface area contributed by atoms with Crippen LogP contribution in [0.2, 0.25) is 0 Å². The van der Waals surface area contributed by atoms with Crippen molar-refractivity contribution in [2.45, 2.75) is 12.2 Å². The first kappa shape index (κ1) is 22.3. The Kier molecular flexibility index (Phi) is 5.31. The van der Waals surface area contributed by atoms with Gasteiger partial charge in [0.2, 0.25) is 0 Å². The molecule has 2 fully saturated rings. The van der Waals surface area contributed by atoms with Gasteiger partial charge in [-0.15, -0.1) is 0 Å². The molecule has 1 N–H and O–H groups in total. The van der Waals surface area contributed by atoms with Gasteiger partial charge in [-0.05, 0) is 18.2 Å². The number of benzene rings is 1. The van der Waals surface area contributed by atoms with Gasteiger partial charge in [0.25, 0.3) is 5.91 Å². The average molecular weight is 475 g/mol. The highest BCUT2D eigenvalue weighted by Gasteiger charge is 2.37. The molecule has 0 aliphatic carbocycles. The number of alkyl halides is 3. The first-order chi connectivity index (χ1) is 16.2. The molecule has 2 aromatic heterocycles. The molecule has 3 aromatic rings. The van der Waals surface area contributed by atoms with Crippen LogP contribution in [0.1, 0.15) is 11.6 Å². The van der Waals surface area contributed by atoms with Crippen LogP contribution in [0.5, 0.6) is 0 Å². The smallest absolute Gasteiger partial charge is 0.396 e. The van der Waals surface area contributed by atoms with E-state index in [2.05, 4.69) is 16.5 Å². The van der Waals surface area contributed by atoms with Crippen molar-refractivity contribution in [1.82, 2.24) is 19.7 Å². The van der Waals surface area contributed by atoms with Crippen LogP contribution in [0.4, 0.5) is 23.2 Å². The van der Waals surface area contributed by atoms with Gasteiger partial charge in [0.15, 0.2) is 5.83 Å². The summed E-state index contributed by atoms with van der Waals surface area (Å²) in [4.78, 5) is 19.8. The van der Waals surface area contributed by atoms with Gasteiger partial charge in [-0.1, -0.05) is 18.7 Å². The lowest BCUT2D eigenvalue weighted by Gasteiger charge is -2.42. The molecule has 178 valence electrons. The van der Waals surface area contributed by atoms with Crippen molar-refractivity contribution in [3.8, 4) is 11.3 Å². The van der Waals surface area contributed by atoms with Gasteiger partial charge in [0.05, 0.1) is 17.3 Å². The first-order valence-electron chi connectivity index (χ1n) is 10.7. The van der Waals surface area contributed by atoms with E-state index in [9.17, 15) is 27.5 Å². The maximum atomic E-state index is 13.3. The Bertz CT molecular complexity index is 1260. The minimum absolute atomic E-state index is 0.0770. The summed E-state index contributed by atoms with van der Waals surface area (Å²) in [5.74, 6) is -1.66. The zero-order chi connectivity index (χ0) is 24.2. The third kappa shape index (κ3) is 3.69. The fourth-order valence-electron chi connectivity index (χ4n) is 4.41. The fraction of sp³-hybridized carbons (Fsp3) is 0.348. The molecular weight excluding hydrogens is 454 g/mol. The molecule has 34 heavy (non-hydrogen) atoms. The van der Waals surface area contributed by atoms with Crippen LogP contribution in [0.25, 0.3) is 22.3 Å². The van der Waals surface area contributed by atoms with Crippen molar-refractivity contribution in [3.63, 3.8) is 0 Å². The number of aliphatic hydroxyl groups excluding tert-OH is 1. The van der Waals surface area contributed by atoms with Crippen molar-refractivity contribution in [3.05, 3.63) is 54.5 Å². The normalized spacial score (nSPS) is 17.1. The second kappa shape index (κ2) is 8.08. The number of aromatic nitrogens is 3. The number of nitrogens with zero attached hydrogens (tertiary/aromatic N) is 5. The quantitative estimate of drug-likeness (QED) is 0.452. The minimum Gasteiger partial charge on any atom is -0.396 e. The molecule has 0 radical (unpaired) electrons. The number of carbonyl (C=O) groups is 1. The SMILES string of the molecule is C=C(F)C(=O)N1CC(n2nc(-c3ccc(C(F)(F)F)cc3)c3nccc(N4CC(CO)C4)c32)C1. The number of anilines is 1. The van der Waals surface area contributed by atoms with Crippen molar-refractivity contribution < 1.29 is 27.5 Å². The lowest BCUT2D eigenvalue weighted by atomic mass is 10.00. The number of hydrogen-bond acceptors (Lipinski definition) is 5. The molecular formula is C23H21F4N5O2. The van der Waals surface area contributed by atoms with E-state index in [0.29, 0.717) is 35.4 Å². The standard InChI is InChI=1S/C23H21F4N5O2/c1-13(24)22(34)31-10-17(11-31)32-21-18(30-8-14(9-30)12-33)6-7-28-20(21)19(29-32)15-2-4-16(5-3-15)23(25,26)27/h2-7,14,17,33H,1,8-12H2. The average Bonchev–Trinajstić information content (AvgIpc) is 3.11. The molecule has 5 rings (SSSR count). The number of halogens is 4. The molecule has 0 unspecified atom stereocenters. The van der Waals surface area contributed by atoms with E-state index < -0.39 is 23.5 Å². The monoisotopic (exact) mass is 475 g/mol. The number of carbonyl (C=O) groups excluding carboxylic acids is 1. The summed E-state index contributed by atoms with van der Waals surface area (Å²) in [7, 11) is 0. The van der Waals surface area contributed by atoms with Gasteiger partial charge in [-0.2, -0.15) is 18.3 Å². The van der Waals surface area contributed by atoms with E-state index in [-0.39, 0.29) is 31.7 Å². The van der Waals surface area contributed by atoms with Crippen molar-refractivity contribution in [1.29, 1.82) is 0 Å². The first-order valence-corrected chi connectivity index (χ1v) is 10.7. The highest BCUT2D eigenvalue weighted by atomic mass is 19.4. The lowest BCUT2D eigenvalue weighted by molar-refractivity contribution is -0.137. The van der Waals surface area contributed by atoms with Gasteiger partial charge >= 0.3 is 6.18 Å². The second-order valence-corrected chi connectivity index (χ2v) is 8.62. The number of hydrogen-bond donors (Lipinski definition) is 1. The highest BCUT2D eigenvalue weighted by Crippen LogP contribution is 2.39. The molecule has 1 aromatic carbocycles.